The molecular weight excluding hydrogens is 405 g/mol. The average molecular weight is 442 g/mol. The summed E-state index contributed by atoms with van der Waals surface area (Å²) in [5, 5.41) is 11.7. The summed E-state index contributed by atoms with van der Waals surface area (Å²) in [6.07, 6.45) is 9.70. The zero-order valence-electron chi connectivity index (χ0n) is 18.1. The summed E-state index contributed by atoms with van der Waals surface area (Å²) in [6, 6.07) is 6.55. The molecule has 8 heteroatoms. The number of unbranched alkanes of at least 4 members (excludes halogenated alkanes) is 5. The van der Waals surface area contributed by atoms with Crippen LogP contribution in [0.5, 0.6) is 0 Å². The van der Waals surface area contributed by atoms with Crippen molar-refractivity contribution in [1.82, 2.24) is 5.32 Å². The third-order valence-corrected chi connectivity index (χ3v) is 6.61. The molecule has 0 bridgehead atoms. The molecule has 1 amide bonds. The lowest BCUT2D eigenvalue weighted by Gasteiger charge is -2.40. The highest BCUT2D eigenvalue weighted by atomic mass is 31.2. The molecule has 0 radical (unpaired) electrons. The molecule has 0 spiro atoms. The number of carbonyl (C=O) groups is 1. The van der Waals surface area contributed by atoms with Crippen molar-refractivity contribution in [3.05, 3.63) is 34.9 Å². The fourth-order valence-corrected chi connectivity index (χ4v) is 4.77. The Morgan fingerprint density at radius 2 is 1.90 bits per heavy atom. The first kappa shape index (κ1) is 24.9. The van der Waals surface area contributed by atoms with E-state index in [2.05, 4.69) is 35.0 Å². The number of fused-ring (bicyclic) bond motifs is 1. The molecule has 0 aliphatic heterocycles. The molecule has 30 heavy (non-hydrogen) atoms. The van der Waals surface area contributed by atoms with Gasteiger partial charge in [-0.15, -0.1) is 0 Å². The zero-order valence-corrected chi connectivity index (χ0v) is 19.0. The van der Waals surface area contributed by atoms with Gasteiger partial charge >= 0.3 is 13.9 Å². The van der Waals surface area contributed by atoms with Crippen LogP contribution < -0.4 is 5.32 Å². The molecule has 1 aliphatic carbocycles. The number of amides is 1. The molecule has 2 rings (SSSR count). The summed E-state index contributed by atoms with van der Waals surface area (Å²) in [7, 11) is -4.68. The van der Waals surface area contributed by atoms with Crippen LogP contribution in [0.1, 0.15) is 75.5 Å². The van der Waals surface area contributed by atoms with Crippen LogP contribution in [0.15, 0.2) is 18.2 Å². The summed E-state index contributed by atoms with van der Waals surface area (Å²) in [5.41, 5.74) is 2.73. The van der Waals surface area contributed by atoms with Crippen molar-refractivity contribution in [3.63, 3.8) is 0 Å². The predicted molar refractivity (Wildman–Crippen MR) is 117 cm³/mol. The molecule has 1 aromatic carbocycles. The van der Waals surface area contributed by atoms with E-state index in [0.717, 1.165) is 19.3 Å². The van der Waals surface area contributed by atoms with Gasteiger partial charge in [-0.05, 0) is 61.6 Å². The predicted octanol–water partition coefficient (Wildman–Crippen LogP) is 4.83. The van der Waals surface area contributed by atoms with Crippen LogP contribution in [0.4, 0.5) is 4.79 Å². The van der Waals surface area contributed by atoms with Crippen molar-refractivity contribution >= 4 is 13.9 Å². The summed E-state index contributed by atoms with van der Waals surface area (Å²) in [4.78, 5) is 29.4. The molecule has 0 saturated carbocycles. The second kappa shape index (κ2) is 11.3. The highest BCUT2D eigenvalue weighted by Gasteiger charge is 2.39. The van der Waals surface area contributed by atoms with Crippen LogP contribution in [-0.2, 0) is 28.4 Å². The highest BCUT2D eigenvalue weighted by molar-refractivity contribution is 7.46. The van der Waals surface area contributed by atoms with E-state index in [1.165, 1.54) is 55.2 Å². The van der Waals surface area contributed by atoms with E-state index >= 15 is 0 Å². The monoisotopic (exact) mass is 441 g/mol. The van der Waals surface area contributed by atoms with Crippen molar-refractivity contribution in [3.8, 4) is 0 Å². The van der Waals surface area contributed by atoms with E-state index in [0.29, 0.717) is 6.42 Å². The Labute approximate surface area is 179 Å². The minimum absolute atomic E-state index is 0.114. The van der Waals surface area contributed by atoms with Gasteiger partial charge in [0.15, 0.2) is 0 Å². The molecule has 2 atom stereocenters. The number of rotatable bonds is 12. The van der Waals surface area contributed by atoms with Gasteiger partial charge in [0.2, 0.25) is 0 Å². The Morgan fingerprint density at radius 1 is 1.20 bits per heavy atom. The molecule has 0 saturated heterocycles. The van der Waals surface area contributed by atoms with Crippen LogP contribution in [0, 0.1) is 5.92 Å². The first-order valence-electron chi connectivity index (χ1n) is 10.9. The zero-order chi connectivity index (χ0) is 22.2. The smallest absolute Gasteiger partial charge is 0.465 e. The van der Waals surface area contributed by atoms with Gasteiger partial charge in [-0.25, -0.2) is 9.36 Å². The Hall–Kier alpha value is -1.40. The first-order chi connectivity index (χ1) is 14.1. The van der Waals surface area contributed by atoms with Crippen LogP contribution in [0.3, 0.4) is 0 Å². The maximum atomic E-state index is 11.3. The van der Waals surface area contributed by atoms with E-state index in [1.54, 1.807) is 6.92 Å². The number of hydrogen-bond donors (Lipinski definition) is 4. The lowest BCUT2D eigenvalue weighted by molar-refractivity contribution is 0.0905. The summed E-state index contributed by atoms with van der Waals surface area (Å²) < 4.78 is 15.8. The molecule has 0 unspecified atom stereocenters. The third kappa shape index (κ3) is 8.03. The number of aryl methyl sites for hydroxylation is 2. The Bertz CT molecular complexity index is 749. The molecule has 0 aromatic heterocycles. The normalized spacial score (nSPS) is 18.5. The number of hydrogen-bond acceptors (Lipinski definition) is 3. The molecule has 7 nitrogen and oxygen atoms in total. The van der Waals surface area contributed by atoms with E-state index in [9.17, 15) is 14.5 Å². The molecule has 170 valence electrons. The maximum absolute atomic E-state index is 11.3. The lowest BCUT2D eigenvalue weighted by atomic mass is 9.73. The lowest BCUT2D eigenvalue weighted by Crippen LogP contribution is -2.55. The second-order valence-corrected chi connectivity index (χ2v) is 9.91. The topological polar surface area (TPSA) is 116 Å². The van der Waals surface area contributed by atoms with Gasteiger partial charge in [0.05, 0.1) is 12.1 Å². The maximum Gasteiger partial charge on any atom is 0.469 e. The molecule has 1 aromatic rings. The van der Waals surface area contributed by atoms with Crippen molar-refractivity contribution in [2.75, 3.05) is 6.61 Å². The average Bonchev–Trinajstić information content (AvgIpc) is 2.67. The Balaban J connectivity index is 1.99. The van der Waals surface area contributed by atoms with Gasteiger partial charge < -0.3 is 20.2 Å². The second-order valence-electron chi connectivity index (χ2n) is 8.67. The van der Waals surface area contributed by atoms with Crippen LogP contribution in [0.2, 0.25) is 0 Å². The van der Waals surface area contributed by atoms with Gasteiger partial charge in [-0.3, -0.25) is 4.52 Å². The molecule has 1 aliphatic rings. The Kier molecular flexibility index (Phi) is 9.35. The van der Waals surface area contributed by atoms with Crippen LogP contribution in [0.25, 0.3) is 0 Å². The number of nitrogens with one attached hydrogen (secondary N) is 1. The van der Waals surface area contributed by atoms with Gasteiger partial charge in [0.1, 0.15) is 0 Å². The third-order valence-electron chi connectivity index (χ3n) is 6.14. The van der Waals surface area contributed by atoms with Crippen molar-refractivity contribution in [1.29, 1.82) is 0 Å². The Morgan fingerprint density at radius 3 is 2.57 bits per heavy atom. The number of carboxylic acid groups (broad SMARTS) is 1. The van der Waals surface area contributed by atoms with E-state index in [-0.39, 0.29) is 12.5 Å². The molecule has 0 fully saturated rings. The minimum atomic E-state index is -4.68. The van der Waals surface area contributed by atoms with Crippen molar-refractivity contribution < 1.29 is 28.8 Å². The van der Waals surface area contributed by atoms with E-state index in [1.807, 2.05) is 0 Å². The summed E-state index contributed by atoms with van der Waals surface area (Å²) >= 11 is 0. The molecular formula is C22H36NO6P. The van der Waals surface area contributed by atoms with E-state index < -0.39 is 19.5 Å². The SMILES string of the molecule is CCCCCCCCc1ccc2c(c1)CC[C@@H]([C@](C)(COP(=O)(O)O)NC(=O)O)C2. The molecule has 4 N–H and O–H groups in total. The standard InChI is InChI=1S/C22H36NO6P/c1-3-4-5-6-7-8-9-17-10-11-19-15-20(13-12-18(19)14-17)22(2,23-21(24)25)16-29-30(26,27)28/h10-11,14,20,23H,3-9,12-13,15-16H2,1-2H3,(H,24,25)(H2,26,27,28)/t20-,22+/m1/s1. The van der Waals surface area contributed by atoms with Gasteiger partial charge in [-0.2, -0.15) is 0 Å². The van der Waals surface area contributed by atoms with E-state index in [4.69, 9.17) is 9.79 Å². The van der Waals surface area contributed by atoms with Crippen LogP contribution >= 0.6 is 7.82 Å². The highest BCUT2D eigenvalue weighted by Crippen LogP contribution is 2.40. The van der Waals surface area contributed by atoms with Gasteiger partial charge in [-0.1, -0.05) is 57.2 Å². The fourth-order valence-electron chi connectivity index (χ4n) is 4.34. The quantitative estimate of drug-likeness (QED) is 0.273. The van der Waals surface area contributed by atoms with Gasteiger partial charge in [0.25, 0.3) is 0 Å². The number of benzene rings is 1. The fraction of sp³-hybridized carbons (Fsp3) is 0.682. The minimum Gasteiger partial charge on any atom is -0.465 e. The number of phosphoric acid groups is 1. The summed E-state index contributed by atoms with van der Waals surface area (Å²) in [5.74, 6) is -0.114. The number of phosphoric ester groups is 1. The summed E-state index contributed by atoms with van der Waals surface area (Å²) in [6.45, 7) is 3.50. The van der Waals surface area contributed by atoms with Gasteiger partial charge in [0, 0.05) is 0 Å². The van der Waals surface area contributed by atoms with Crippen molar-refractivity contribution in [2.45, 2.75) is 83.6 Å². The van der Waals surface area contributed by atoms with Crippen LogP contribution in [-0.4, -0.2) is 33.1 Å². The van der Waals surface area contributed by atoms with Crippen molar-refractivity contribution in [2.24, 2.45) is 5.92 Å². The largest absolute Gasteiger partial charge is 0.469 e. The first-order valence-corrected chi connectivity index (χ1v) is 12.5. The molecule has 0 heterocycles.